The molecule has 1 aromatic rings. The standard InChI is InChI=1S/C13H15N3.C8H18O2.C8H16O2.C4H12Si.C4H10Si.C3H6.C2H6.Co/c1-4-12(10-6-2-8-14-10)16-13(5-1)11-7-3-9-15-11;2*1-2-3-4-5-6-7-8(9)10;2*1-2-3-4-5;1-3-2;1-2;/h1,4-5H,2-3,6-9H2;8-10H,2-7H2,1H3;2-7H2,1H3,(H,9,10);2-4H2,1,5H3;2-3H,4H2,1,5H3;3H,1H2,2H3;1-2H3;/i;;;;;;1D;. The minimum atomic E-state index is -1.10. The molecular weight excluding hydrogens is 726 g/mol. The van der Waals surface area contributed by atoms with Crippen LogP contribution in [0.2, 0.25) is 12.1 Å². The predicted octanol–water partition coefficient (Wildman–Crippen LogP) is 9.47. The van der Waals surface area contributed by atoms with Crippen LogP contribution in [0.1, 0.15) is 177 Å². The summed E-state index contributed by atoms with van der Waals surface area (Å²) in [5.41, 5.74) is 4.43. The second-order valence-electron chi connectivity index (χ2n) is 12.3. The summed E-state index contributed by atoms with van der Waals surface area (Å²) in [7, 11) is 2.71. The number of unbranched alkanes of at least 4 members (excludes halogenated alkanes) is 9. The second kappa shape index (κ2) is 51.4. The van der Waals surface area contributed by atoms with Crippen LogP contribution in [-0.2, 0) is 21.6 Å². The van der Waals surface area contributed by atoms with Gasteiger partial charge < -0.3 is 15.3 Å². The zero-order chi connectivity index (χ0) is 40.1. The van der Waals surface area contributed by atoms with Crippen molar-refractivity contribution in [2.45, 2.75) is 182 Å². The van der Waals surface area contributed by atoms with Crippen molar-refractivity contribution in [1.82, 2.24) is 4.98 Å². The number of aliphatic imine (C=N–C) groups is 2. The van der Waals surface area contributed by atoms with Crippen LogP contribution < -0.4 is 0 Å². The van der Waals surface area contributed by atoms with Crippen molar-refractivity contribution in [3.05, 3.63) is 54.4 Å². The summed E-state index contributed by atoms with van der Waals surface area (Å²) in [5.74, 6) is -0.670. The van der Waals surface area contributed by atoms with Crippen LogP contribution >= 0.6 is 0 Å². The van der Waals surface area contributed by atoms with Crippen LogP contribution in [0.3, 0.4) is 0 Å². The number of aliphatic hydroxyl groups is 2. The van der Waals surface area contributed by atoms with Gasteiger partial charge in [-0.2, -0.15) is 0 Å². The van der Waals surface area contributed by atoms with Crippen molar-refractivity contribution in [2.75, 3.05) is 13.1 Å². The van der Waals surface area contributed by atoms with E-state index in [-0.39, 0.29) is 16.8 Å². The van der Waals surface area contributed by atoms with Crippen molar-refractivity contribution in [3.8, 4) is 0 Å². The predicted molar refractivity (Wildman–Crippen MR) is 235 cm³/mol. The first-order valence-corrected chi connectivity index (χ1v) is 23.1. The summed E-state index contributed by atoms with van der Waals surface area (Å²) in [6.45, 7) is 18.1. The maximum absolute atomic E-state index is 10.0. The molecule has 0 atom stereocenters. The van der Waals surface area contributed by atoms with Gasteiger partial charge >= 0.3 is 5.97 Å². The van der Waals surface area contributed by atoms with E-state index in [2.05, 4.69) is 79.6 Å². The smallest absolute Gasteiger partial charge is 0.303 e. The number of hydrogen-bond donors (Lipinski definition) is 3. The molecule has 0 amide bonds. The number of pyridine rings is 1. The number of aliphatic carboxylic acids is 1. The number of aliphatic hydroxyl groups excluding tert-OH is 1. The fourth-order valence-electron chi connectivity index (χ4n) is 4.65. The third kappa shape index (κ3) is 46.3. The molecule has 0 unspecified atom stereocenters. The van der Waals surface area contributed by atoms with Gasteiger partial charge in [0.25, 0.3) is 0 Å². The topological polar surface area (TPSA) is 115 Å². The van der Waals surface area contributed by atoms with E-state index in [0.29, 0.717) is 19.7 Å². The molecule has 1 radical (unpaired) electrons. The van der Waals surface area contributed by atoms with Gasteiger partial charge in [0.05, 0.1) is 22.8 Å². The molecule has 2 aliphatic heterocycles. The number of allylic oxidation sites excluding steroid dienone is 3. The Bertz CT molecular complexity index is 958. The minimum absolute atomic E-state index is 0. The number of carboxylic acids is 1. The van der Waals surface area contributed by atoms with E-state index in [0.717, 1.165) is 63.0 Å². The van der Waals surface area contributed by atoms with E-state index in [1.54, 1.807) is 13.0 Å². The van der Waals surface area contributed by atoms with E-state index in [4.69, 9.17) is 16.7 Å². The molecule has 307 valence electrons. The first-order chi connectivity index (χ1) is 25.1. The van der Waals surface area contributed by atoms with E-state index >= 15 is 0 Å². The van der Waals surface area contributed by atoms with E-state index in [1.807, 2.05) is 6.92 Å². The molecule has 2 aliphatic rings. The summed E-state index contributed by atoms with van der Waals surface area (Å²) in [4.78, 5) is 23.7. The molecule has 0 aliphatic carbocycles. The molecule has 0 aromatic carbocycles. The maximum atomic E-state index is 10.0. The Labute approximate surface area is 339 Å². The number of hydrogen-bond acceptors (Lipinski definition) is 6. The molecule has 3 heterocycles. The first kappa shape index (κ1) is 57.0. The minimum Gasteiger partial charge on any atom is -0.481 e. The monoisotopic (exact) mass is 810 g/mol. The molecule has 0 saturated heterocycles. The molecule has 3 N–H and O–H groups in total. The Morgan fingerprint density at radius 2 is 1.31 bits per heavy atom. The molecule has 0 spiro atoms. The molecular formula is C42H83CoN3O4Si2. The van der Waals surface area contributed by atoms with Crippen molar-refractivity contribution in [2.24, 2.45) is 9.98 Å². The van der Waals surface area contributed by atoms with Crippen LogP contribution in [-0.4, -0.2) is 77.6 Å². The van der Waals surface area contributed by atoms with Crippen LogP contribution in [0.15, 0.2) is 53.0 Å². The largest absolute Gasteiger partial charge is 0.481 e. The fourth-order valence-corrected chi connectivity index (χ4v) is 5.83. The van der Waals surface area contributed by atoms with Crippen LogP contribution in [0.4, 0.5) is 0 Å². The fraction of sp³-hybridized carbons (Fsp3) is 0.714. The molecule has 10 heteroatoms. The van der Waals surface area contributed by atoms with Crippen LogP contribution in [0, 0.1) is 0 Å². The molecule has 1 aromatic heterocycles. The average Bonchev–Trinajstić information content (AvgIpc) is 3.87. The van der Waals surface area contributed by atoms with Crippen molar-refractivity contribution < 1.29 is 38.3 Å². The zero-order valence-corrected chi connectivity index (χ0v) is 40.0. The van der Waals surface area contributed by atoms with E-state index < -0.39 is 12.3 Å². The van der Waals surface area contributed by atoms with Gasteiger partial charge in [-0.15, -0.1) is 6.58 Å². The quantitative estimate of drug-likeness (QED) is 0.0628. The van der Waals surface area contributed by atoms with Gasteiger partial charge in [-0.1, -0.05) is 129 Å². The number of nitrogens with zero attached hydrogens (tertiary/aromatic N) is 3. The van der Waals surface area contributed by atoms with Gasteiger partial charge in [-0.3, -0.25) is 14.8 Å². The van der Waals surface area contributed by atoms with Gasteiger partial charge in [0.1, 0.15) is 0 Å². The number of aromatic nitrogens is 1. The third-order valence-electron chi connectivity index (χ3n) is 7.33. The summed E-state index contributed by atoms with van der Waals surface area (Å²) >= 11 is 0. The molecule has 0 bridgehead atoms. The van der Waals surface area contributed by atoms with Crippen molar-refractivity contribution >= 4 is 37.9 Å². The van der Waals surface area contributed by atoms with E-state index in [9.17, 15) is 4.79 Å². The van der Waals surface area contributed by atoms with Gasteiger partial charge in [-0.05, 0) is 77.0 Å². The maximum Gasteiger partial charge on any atom is 0.303 e. The van der Waals surface area contributed by atoms with Gasteiger partial charge in [0.15, 0.2) is 6.29 Å². The first-order valence-electron chi connectivity index (χ1n) is 20.9. The number of carbonyl (C=O) groups is 1. The number of rotatable bonds is 17. The summed E-state index contributed by atoms with van der Waals surface area (Å²) in [5, 5.41) is 25.2. The number of carboxylic acid groups (broad SMARTS) is 1. The summed E-state index contributed by atoms with van der Waals surface area (Å²) in [6.07, 6.45) is 24.5. The molecule has 3 rings (SSSR count). The van der Waals surface area contributed by atoms with Gasteiger partial charge in [0, 0.05) is 58.1 Å². The Kier molecular flexibility index (Phi) is 56.4. The Morgan fingerprint density at radius 1 is 0.865 bits per heavy atom. The SMILES string of the molecule is C=CC.CC=CC[SiH3].CCCCCCCC(=O)O.CCCCCCCC(O)O.CCCC[SiH3].[2H]CC.[Co].c1cc(C2=NCCC2)nc(C2=NCCC2)c1. The van der Waals surface area contributed by atoms with Crippen molar-refractivity contribution in [3.63, 3.8) is 0 Å². The second-order valence-corrected chi connectivity index (χ2v) is 14.1. The molecule has 0 saturated carbocycles. The Balaban J connectivity index is -0.000000184. The van der Waals surface area contributed by atoms with Gasteiger partial charge in [-0.25, -0.2) is 4.98 Å². The van der Waals surface area contributed by atoms with Crippen LogP contribution in [0.25, 0.3) is 0 Å². The van der Waals surface area contributed by atoms with E-state index in [1.165, 1.54) is 108 Å². The third-order valence-corrected chi connectivity index (χ3v) is 8.51. The molecule has 0 fully saturated rings. The molecule has 52 heavy (non-hydrogen) atoms. The summed E-state index contributed by atoms with van der Waals surface area (Å²) in [6, 6.07) is 8.97. The van der Waals surface area contributed by atoms with Crippen molar-refractivity contribution in [1.29, 1.82) is 0 Å². The Hall–Kier alpha value is -1.70. The zero-order valence-electron chi connectivity index (χ0n) is 35.9. The summed E-state index contributed by atoms with van der Waals surface area (Å²) < 4.78 is 6.21. The molecule has 7 nitrogen and oxygen atoms in total. The van der Waals surface area contributed by atoms with Gasteiger partial charge in [0.2, 0.25) is 0 Å². The Morgan fingerprint density at radius 3 is 1.60 bits per heavy atom. The average molecular weight is 810 g/mol. The van der Waals surface area contributed by atoms with Crippen LogP contribution in [0.5, 0.6) is 0 Å². The normalized spacial score (nSPS) is 12.5.